The molecule has 0 unspecified atom stereocenters. The Kier molecular flexibility index (Phi) is 7.35. The van der Waals surface area contributed by atoms with Crippen molar-refractivity contribution in [1.82, 2.24) is 5.32 Å². The predicted octanol–water partition coefficient (Wildman–Crippen LogP) is 1.83. The standard InChI is InChI=1S/C15H21NO4/c1-3-20-14(17)9-10-16-13(11-15(18)19-2)12-7-5-4-6-8-12/h4-8,13,16H,3,9-11H2,1-2H3/t13-/m0/s1. The van der Waals surface area contributed by atoms with Gasteiger partial charge in [-0.1, -0.05) is 30.3 Å². The number of carbonyl (C=O) groups excluding carboxylic acids is 2. The molecule has 0 heterocycles. The highest BCUT2D eigenvalue weighted by Gasteiger charge is 2.16. The van der Waals surface area contributed by atoms with Gasteiger partial charge in [0.1, 0.15) is 0 Å². The monoisotopic (exact) mass is 279 g/mol. The zero-order chi connectivity index (χ0) is 14.8. The summed E-state index contributed by atoms with van der Waals surface area (Å²) in [5.41, 5.74) is 0.988. The third kappa shape index (κ3) is 5.84. The summed E-state index contributed by atoms with van der Waals surface area (Å²) >= 11 is 0. The maximum atomic E-state index is 11.4. The number of methoxy groups -OCH3 is 1. The van der Waals surface area contributed by atoms with E-state index in [1.807, 2.05) is 30.3 Å². The van der Waals surface area contributed by atoms with Crippen molar-refractivity contribution < 1.29 is 19.1 Å². The van der Waals surface area contributed by atoms with Crippen LogP contribution in [0.1, 0.15) is 31.4 Å². The van der Waals surface area contributed by atoms with Crippen LogP contribution in [0.25, 0.3) is 0 Å². The van der Waals surface area contributed by atoms with Gasteiger partial charge in [0.25, 0.3) is 0 Å². The molecule has 20 heavy (non-hydrogen) atoms. The van der Waals surface area contributed by atoms with Crippen molar-refractivity contribution in [2.24, 2.45) is 0 Å². The molecule has 1 N–H and O–H groups in total. The van der Waals surface area contributed by atoms with Crippen molar-refractivity contribution in [3.8, 4) is 0 Å². The Hall–Kier alpha value is -1.88. The molecule has 5 heteroatoms. The van der Waals surface area contributed by atoms with E-state index in [4.69, 9.17) is 9.47 Å². The highest BCUT2D eigenvalue weighted by Crippen LogP contribution is 2.16. The number of benzene rings is 1. The second kappa shape index (κ2) is 9.09. The van der Waals surface area contributed by atoms with Crippen molar-refractivity contribution in [2.45, 2.75) is 25.8 Å². The Morgan fingerprint density at radius 2 is 1.90 bits per heavy atom. The molecule has 1 rings (SSSR count). The summed E-state index contributed by atoms with van der Waals surface area (Å²) in [5, 5.41) is 3.19. The minimum atomic E-state index is -0.289. The van der Waals surface area contributed by atoms with E-state index in [1.165, 1.54) is 7.11 Å². The topological polar surface area (TPSA) is 64.6 Å². The van der Waals surface area contributed by atoms with Gasteiger partial charge in [-0.3, -0.25) is 9.59 Å². The Labute approximate surface area is 119 Å². The Morgan fingerprint density at radius 3 is 2.50 bits per heavy atom. The SMILES string of the molecule is CCOC(=O)CCN[C@@H](CC(=O)OC)c1ccccc1. The van der Waals surface area contributed by atoms with Crippen LogP contribution < -0.4 is 5.32 Å². The fraction of sp³-hybridized carbons (Fsp3) is 0.467. The summed E-state index contributed by atoms with van der Waals surface area (Å²) < 4.78 is 9.56. The molecular weight excluding hydrogens is 258 g/mol. The van der Waals surface area contributed by atoms with Gasteiger partial charge in [-0.2, -0.15) is 0 Å². The number of nitrogens with one attached hydrogen (secondary N) is 1. The molecule has 1 aromatic rings. The first-order valence-electron chi connectivity index (χ1n) is 6.68. The van der Waals surface area contributed by atoms with Gasteiger partial charge in [0, 0.05) is 12.6 Å². The number of ether oxygens (including phenoxy) is 2. The van der Waals surface area contributed by atoms with E-state index in [-0.39, 0.29) is 30.8 Å². The van der Waals surface area contributed by atoms with Crippen molar-refractivity contribution in [2.75, 3.05) is 20.3 Å². The molecule has 0 amide bonds. The Balaban J connectivity index is 2.55. The smallest absolute Gasteiger partial charge is 0.307 e. The summed E-state index contributed by atoms with van der Waals surface area (Å²) in [6.07, 6.45) is 0.502. The van der Waals surface area contributed by atoms with E-state index in [2.05, 4.69) is 5.32 Å². The average molecular weight is 279 g/mol. The van der Waals surface area contributed by atoms with E-state index in [1.54, 1.807) is 6.92 Å². The lowest BCUT2D eigenvalue weighted by Crippen LogP contribution is -2.27. The summed E-state index contributed by atoms with van der Waals surface area (Å²) in [6, 6.07) is 9.44. The molecule has 0 radical (unpaired) electrons. The fourth-order valence-corrected chi connectivity index (χ4v) is 1.82. The Bertz CT molecular complexity index is 419. The molecule has 0 aliphatic heterocycles. The molecule has 0 saturated heterocycles. The van der Waals surface area contributed by atoms with Crippen molar-refractivity contribution >= 4 is 11.9 Å². The lowest BCUT2D eigenvalue weighted by Gasteiger charge is -2.17. The third-order valence-electron chi connectivity index (χ3n) is 2.83. The largest absolute Gasteiger partial charge is 0.469 e. The van der Waals surface area contributed by atoms with Gasteiger partial charge >= 0.3 is 11.9 Å². The van der Waals surface area contributed by atoms with Gasteiger partial charge in [-0.15, -0.1) is 0 Å². The zero-order valence-corrected chi connectivity index (χ0v) is 11.9. The molecule has 0 saturated carbocycles. The van der Waals surface area contributed by atoms with E-state index in [0.29, 0.717) is 13.2 Å². The molecule has 0 fully saturated rings. The first kappa shape index (κ1) is 16.2. The van der Waals surface area contributed by atoms with Gasteiger partial charge in [-0.25, -0.2) is 0 Å². The van der Waals surface area contributed by atoms with Crippen LogP contribution in [0.15, 0.2) is 30.3 Å². The summed E-state index contributed by atoms with van der Waals surface area (Å²) in [6.45, 7) is 2.61. The first-order valence-corrected chi connectivity index (χ1v) is 6.68. The third-order valence-corrected chi connectivity index (χ3v) is 2.83. The quantitative estimate of drug-likeness (QED) is 0.735. The van der Waals surface area contributed by atoms with Crippen molar-refractivity contribution in [3.63, 3.8) is 0 Å². The lowest BCUT2D eigenvalue weighted by atomic mass is 10.0. The molecule has 1 atom stereocenters. The Morgan fingerprint density at radius 1 is 1.20 bits per heavy atom. The molecular formula is C15H21NO4. The highest BCUT2D eigenvalue weighted by atomic mass is 16.5. The minimum absolute atomic E-state index is 0.168. The molecule has 110 valence electrons. The molecule has 5 nitrogen and oxygen atoms in total. The van der Waals surface area contributed by atoms with Crippen LogP contribution in [0.2, 0.25) is 0 Å². The van der Waals surface area contributed by atoms with E-state index in [9.17, 15) is 9.59 Å². The van der Waals surface area contributed by atoms with Crippen LogP contribution in [0.5, 0.6) is 0 Å². The van der Waals surface area contributed by atoms with E-state index < -0.39 is 0 Å². The summed E-state index contributed by atoms with van der Waals surface area (Å²) in [5.74, 6) is -0.535. The van der Waals surface area contributed by atoms with Crippen LogP contribution in [-0.4, -0.2) is 32.2 Å². The van der Waals surface area contributed by atoms with Crippen LogP contribution in [0.4, 0.5) is 0 Å². The second-order valence-corrected chi connectivity index (χ2v) is 4.25. The minimum Gasteiger partial charge on any atom is -0.469 e. The number of rotatable bonds is 8. The van der Waals surface area contributed by atoms with Gasteiger partial charge in [0.15, 0.2) is 0 Å². The van der Waals surface area contributed by atoms with Gasteiger partial charge < -0.3 is 14.8 Å². The molecule has 0 aromatic heterocycles. The molecule has 0 aliphatic rings. The molecule has 1 aromatic carbocycles. The second-order valence-electron chi connectivity index (χ2n) is 4.25. The van der Waals surface area contributed by atoms with Gasteiger partial charge in [0.05, 0.1) is 26.6 Å². The predicted molar refractivity (Wildman–Crippen MR) is 75.1 cm³/mol. The van der Waals surface area contributed by atoms with E-state index >= 15 is 0 Å². The maximum absolute atomic E-state index is 11.4. The summed E-state index contributed by atoms with van der Waals surface area (Å²) in [7, 11) is 1.36. The van der Waals surface area contributed by atoms with Crippen LogP contribution in [-0.2, 0) is 19.1 Å². The van der Waals surface area contributed by atoms with Crippen molar-refractivity contribution in [1.29, 1.82) is 0 Å². The van der Waals surface area contributed by atoms with Crippen molar-refractivity contribution in [3.05, 3.63) is 35.9 Å². The molecule has 0 bridgehead atoms. The zero-order valence-electron chi connectivity index (χ0n) is 11.9. The molecule has 0 aliphatic carbocycles. The number of hydrogen-bond donors (Lipinski definition) is 1. The average Bonchev–Trinajstić information content (AvgIpc) is 2.47. The number of carbonyl (C=O) groups is 2. The highest BCUT2D eigenvalue weighted by molar-refractivity contribution is 5.70. The summed E-state index contributed by atoms with van der Waals surface area (Å²) in [4.78, 5) is 22.7. The van der Waals surface area contributed by atoms with Crippen LogP contribution in [0.3, 0.4) is 0 Å². The van der Waals surface area contributed by atoms with Gasteiger partial charge in [-0.05, 0) is 12.5 Å². The maximum Gasteiger partial charge on any atom is 0.307 e. The van der Waals surface area contributed by atoms with Crippen LogP contribution in [0, 0.1) is 0 Å². The lowest BCUT2D eigenvalue weighted by molar-refractivity contribution is -0.143. The van der Waals surface area contributed by atoms with Crippen LogP contribution >= 0.6 is 0 Å². The number of hydrogen-bond acceptors (Lipinski definition) is 5. The molecule has 0 spiro atoms. The first-order chi connectivity index (χ1) is 9.67. The van der Waals surface area contributed by atoms with E-state index in [0.717, 1.165) is 5.56 Å². The van der Waals surface area contributed by atoms with Gasteiger partial charge in [0.2, 0.25) is 0 Å². The number of esters is 2. The fourth-order valence-electron chi connectivity index (χ4n) is 1.82. The normalized spacial score (nSPS) is 11.7.